The number of nitrogens with one attached hydrogen (secondary N) is 1. The molecule has 2 aromatic rings. The van der Waals surface area contributed by atoms with Crippen LogP contribution in [0.5, 0.6) is 17.2 Å². The van der Waals surface area contributed by atoms with Gasteiger partial charge in [0.25, 0.3) is 5.91 Å². The van der Waals surface area contributed by atoms with Crippen molar-refractivity contribution in [2.75, 3.05) is 27.4 Å². The second kappa shape index (κ2) is 10.6. The fraction of sp³-hybridized carbons (Fsp3) is 0.286. The Hall–Kier alpha value is -3.73. The maximum Gasteiger partial charge on any atom is 0.308 e. The van der Waals surface area contributed by atoms with Crippen LogP contribution in [0.3, 0.4) is 0 Å². The molecule has 0 heterocycles. The molecule has 8 nitrogen and oxygen atoms in total. The lowest BCUT2D eigenvalue weighted by atomic mass is 9.98. The fourth-order valence-electron chi connectivity index (χ4n) is 2.67. The molecule has 1 unspecified atom stereocenters. The van der Waals surface area contributed by atoms with Crippen LogP contribution in [0, 0.1) is 17.2 Å². The molecule has 8 heteroatoms. The fourth-order valence-corrected chi connectivity index (χ4v) is 2.67. The second-order valence-corrected chi connectivity index (χ2v) is 6.12. The summed E-state index contributed by atoms with van der Waals surface area (Å²) >= 11 is 0. The molecule has 0 aliphatic carbocycles. The third-order valence-electron chi connectivity index (χ3n) is 4.21. The summed E-state index contributed by atoms with van der Waals surface area (Å²) in [6, 6.07) is 13.7. The van der Waals surface area contributed by atoms with E-state index >= 15 is 0 Å². The topological polar surface area (TPSA) is 118 Å². The number of carbonyl (C=O) groups is 2. The summed E-state index contributed by atoms with van der Waals surface area (Å²) in [6.45, 7) is -0.372. The smallest absolute Gasteiger partial charge is 0.308 e. The highest BCUT2D eigenvalue weighted by molar-refractivity contribution is 5.79. The highest BCUT2D eigenvalue weighted by atomic mass is 16.5. The number of carboxylic acid groups (broad SMARTS) is 1. The van der Waals surface area contributed by atoms with Crippen molar-refractivity contribution in [1.29, 1.82) is 5.26 Å². The van der Waals surface area contributed by atoms with Crippen LogP contribution in [0.15, 0.2) is 42.5 Å². The van der Waals surface area contributed by atoms with Gasteiger partial charge in [0.1, 0.15) is 5.75 Å². The molecular formula is C21H22N2O6. The molecule has 2 rings (SSSR count). The van der Waals surface area contributed by atoms with Gasteiger partial charge in [-0.25, -0.2) is 0 Å². The van der Waals surface area contributed by atoms with Crippen molar-refractivity contribution in [2.45, 2.75) is 6.42 Å². The minimum atomic E-state index is -1.02. The number of rotatable bonds is 10. The third kappa shape index (κ3) is 6.14. The largest absolute Gasteiger partial charge is 0.496 e. The number of hydrogen-bond acceptors (Lipinski definition) is 6. The van der Waals surface area contributed by atoms with Crippen LogP contribution in [-0.2, 0) is 16.0 Å². The Morgan fingerprint density at radius 3 is 2.48 bits per heavy atom. The van der Waals surface area contributed by atoms with E-state index in [1.165, 1.54) is 26.4 Å². The van der Waals surface area contributed by atoms with Crippen LogP contribution in [0.4, 0.5) is 0 Å². The Balaban J connectivity index is 1.92. The maximum absolute atomic E-state index is 12.1. The van der Waals surface area contributed by atoms with E-state index < -0.39 is 17.8 Å². The summed E-state index contributed by atoms with van der Waals surface area (Å²) in [7, 11) is 2.95. The van der Waals surface area contributed by atoms with Gasteiger partial charge in [0.05, 0.1) is 31.8 Å². The molecule has 29 heavy (non-hydrogen) atoms. The first-order valence-electron chi connectivity index (χ1n) is 8.80. The summed E-state index contributed by atoms with van der Waals surface area (Å²) in [5.74, 6) is -1.07. The number of methoxy groups -OCH3 is 2. The molecule has 0 radical (unpaired) electrons. The minimum absolute atomic E-state index is 0.0555. The number of ether oxygens (including phenoxy) is 3. The summed E-state index contributed by atoms with van der Waals surface area (Å²) in [6.07, 6.45) is 0.212. The van der Waals surface area contributed by atoms with Gasteiger partial charge in [-0.15, -0.1) is 0 Å². The van der Waals surface area contributed by atoms with Crippen molar-refractivity contribution >= 4 is 11.9 Å². The molecule has 0 bridgehead atoms. The van der Waals surface area contributed by atoms with Crippen LogP contribution < -0.4 is 19.5 Å². The minimum Gasteiger partial charge on any atom is -0.496 e. The van der Waals surface area contributed by atoms with Gasteiger partial charge in [0, 0.05) is 12.6 Å². The Morgan fingerprint density at radius 2 is 1.83 bits per heavy atom. The van der Waals surface area contributed by atoms with E-state index in [1.54, 1.807) is 30.3 Å². The molecule has 0 fully saturated rings. The van der Waals surface area contributed by atoms with Gasteiger partial charge in [-0.3, -0.25) is 9.59 Å². The molecule has 2 N–H and O–H groups in total. The first-order chi connectivity index (χ1) is 14.0. The van der Waals surface area contributed by atoms with Gasteiger partial charge in [0.2, 0.25) is 0 Å². The lowest BCUT2D eigenvalue weighted by Gasteiger charge is -2.16. The van der Waals surface area contributed by atoms with Gasteiger partial charge < -0.3 is 24.6 Å². The first-order valence-corrected chi connectivity index (χ1v) is 8.80. The zero-order valence-corrected chi connectivity index (χ0v) is 16.2. The van der Waals surface area contributed by atoms with Crippen LogP contribution >= 0.6 is 0 Å². The van der Waals surface area contributed by atoms with Crippen molar-refractivity contribution in [1.82, 2.24) is 5.32 Å². The summed E-state index contributed by atoms with van der Waals surface area (Å²) < 4.78 is 15.8. The Kier molecular flexibility index (Phi) is 7.86. The van der Waals surface area contributed by atoms with Crippen molar-refractivity contribution in [2.24, 2.45) is 5.92 Å². The Labute approximate surface area is 168 Å². The van der Waals surface area contributed by atoms with Crippen LogP contribution in [-0.4, -0.2) is 44.4 Å². The predicted octanol–water partition coefficient (Wildman–Crippen LogP) is 2.01. The van der Waals surface area contributed by atoms with E-state index in [-0.39, 0.29) is 19.6 Å². The third-order valence-corrected chi connectivity index (χ3v) is 4.21. The zero-order valence-electron chi connectivity index (χ0n) is 16.2. The van der Waals surface area contributed by atoms with E-state index in [0.29, 0.717) is 22.8 Å². The molecule has 0 spiro atoms. The number of carbonyl (C=O) groups excluding carboxylic acids is 1. The maximum atomic E-state index is 12.1. The van der Waals surface area contributed by atoms with Gasteiger partial charge in [-0.05, 0) is 30.2 Å². The standard InChI is InChI=1S/C21H22N2O6/c1-27-17-6-4-3-5-15(17)10-16(21(25)26)12-23-20(24)13-29-18-8-7-14(11-22)9-19(18)28-2/h3-9,16H,10,12-13H2,1-2H3,(H,23,24)(H,25,26). The number of carboxylic acids is 1. The molecule has 1 atom stereocenters. The van der Waals surface area contributed by atoms with E-state index in [9.17, 15) is 14.7 Å². The number of aliphatic carboxylic acids is 1. The molecule has 152 valence electrons. The monoisotopic (exact) mass is 398 g/mol. The van der Waals surface area contributed by atoms with Crippen molar-refractivity contribution in [3.63, 3.8) is 0 Å². The van der Waals surface area contributed by atoms with Gasteiger partial charge in [-0.2, -0.15) is 5.26 Å². The summed E-state index contributed by atoms with van der Waals surface area (Å²) in [4.78, 5) is 23.7. The van der Waals surface area contributed by atoms with Crippen molar-refractivity contribution in [3.05, 3.63) is 53.6 Å². The molecule has 0 saturated heterocycles. The molecular weight excluding hydrogens is 376 g/mol. The summed E-state index contributed by atoms with van der Waals surface area (Å²) in [5, 5.41) is 20.9. The van der Waals surface area contributed by atoms with E-state index in [2.05, 4.69) is 5.32 Å². The number of benzene rings is 2. The number of hydrogen-bond donors (Lipinski definition) is 2. The molecule has 0 aliphatic rings. The van der Waals surface area contributed by atoms with Crippen molar-refractivity contribution < 1.29 is 28.9 Å². The second-order valence-electron chi connectivity index (χ2n) is 6.12. The molecule has 0 saturated carbocycles. The van der Waals surface area contributed by atoms with Crippen molar-refractivity contribution in [3.8, 4) is 23.3 Å². The SMILES string of the molecule is COc1ccccc1CC(CNC(=O)COc1ccc(C#N)cc1OC)C(=O)O. The Morgan fingerprint density at radius 1 is 1.10 bits per heavy atom. The highest BCUT2D eigenvalue weighted by Crippen LogP contribution is 2.27. The van der Waals surface area contributed by atoms with Crippen LogP contribution in [0.25, 0.3) is 0 Å². The molecule has 0 aliphatic heterocycles. The quantitative estimate of drug-likeness (QED) is 0.628. The molecule has 2 aromatic carbocycles. The van der Waals surface area contributed by atoms with Crippen LogP contribution in [0.2, 0.25) is 0 Å². The average molecular weight is 398 g/mol. The predicted molar refractivity (Wildman–Crippen MR) is 104 cm³/mol. The number of nitriles is 1. The number of amides is 1. The van der Waals surface area contributed by atoms with Gasteiger partial charge in [0.15, 0.2) is 18.1 Å². The number of nitrogens with zero attached hydrogens (tertiary/aromatic N) is 1. The van der Waals surface area contributed by atoms with Gasteiger partial charge in [-0.1, -0.05) is 18.2 Å². The first kappa shape index (κ1) is 21.6. The zero-order chi connectivity index (χ0) is 21.2. The number of para-hydroxylation sites is 1. The summed E-state index contributed by atoms with van der Waals surface area (Å²) in [5.41, 5.74) is 1.15. The van der Waals surface area contributed by atoms with Crippen LogP contribution in [0.1, 0.15) is 11.1 Å². The molecule has 0 aromatic heterocycles. The lowest BCUT2D eigenvalue weighted by Crippen LogP contribution is -2.36. The molecule has 1 amide bonds. The van der Waals surface area contributed by atoms with E-state index in [4.69, 9.17) is 19.5 Å². The lowest BCUT2D eigenvalue weighted by molar-refractivity contribution is -0.141. The van der Waals surface area contributed by atoms with E-state index in [1.807, 2.05) is 6.07 Å². The van der Waals surface area contributed by atoms with Gasteiger partial charge >= 0.3 is 5.97 Å². The average Bonchev–Trinajstić information content (AvgIpc) is 2.74. The normalized spacial score (nSPS) is 11.1. The highest BCUT2D eigenvalue weighted by Gasteiger charge is 2.21. The Bertz CT molecular complexity index is 906. The van der Waals surface area contributed by atoms with E-state index in [0.717, 1.165) is 5.56 Å².